The van der Waals surface area contributed by atoms with Crippen LogP contribution in [-0.4, -0.2) is 45.8 Å². The van der Waals surface area contributed by atoms with Crippen molar-refractivity contribution in [2.24, 2.45) is 11.8 Å². The average molecular weight is 435 g/mol. The lowest BCUT2D eigenvalue weighted by molar-refractivity contribution is 0.223. The normalized spacial score (nSPS) is 19.6. The first-order chi connectivity index (χ1) is 14.2. The summed E-state index contributed by atoms with van der Waals surface area (Å²) in [5.74, 6) is -1.77. The van der Waals surface area contributed by atoms with Crippen LogP contribution < -0.4 is 4.74 Å². The van der Waals surface area contributed by atoms with Crippen LogP contribution in [0.1, 0.15) is 18.1 Å². The number of hydrogen-bond donors (Lipinski definition) is 0. The summed E-state index contributed by atoms with van der Waals surface area (Å²) in [5.41, 5.74) is 1.76. The standard InChI is InChI=1S/C22H24F2N2O3S/c1-15-12-26(7-6-16-4-3-5-17(8-16)11-25)13-18(15)14-29-19-9-20(23)22(21(24)10-19)30(2,27)28/h3-5,8-10,15,18H,6-7,12-14H2,1-2H3. The Hall–Kier alpha value is -2.50. The summed E-state index contributed by atoms with van der Waals surface area (Å²) in [6.07, 6.45) is 1.60. The molecule has 0 N–H and O–H groups in total. The van der Waals surface area contributed by atoms with Crippen LogP contribution in [-0.2, 0) is 16.3 Å². The number of sulfone groups is 1. The Morgan fingerprint density at radius 3 is 2.53 bits per heavy atom. The smallest absolute Gasteiger partial charge is 0.181 e. The minimum Gasteiger partial charge on any atom is -0.493 e. The SMILES string of the molecule is CC1CN(CCc2cccc(C#N)c2)CC1COc1cc(F)c(S(C)(=O)=O)c(F)c1. The first kappa shape index (κ1) is 22.2. The number of ether oxygens (including phenoxy) is 1. The molecule has 0 bridgehead atoms. The van der Waals surface area contributed by atoms with Crippen LogP contribution in [0.15, 0.2) is 41.3 Å². The van der Waals surface area contributed by atoms with Gasteiger partial charge in [-0.3, -0.25) is 0 Å². The van der Waals surface area contributed by atoms with E-state index in [9.17, 15) is 17.2 Å². The molecule has 1 heterocycles. The Bertz CT molecular complexity index is 1040. The molecule has 2 aromatic rings. The number of halogens is 2. The molecule has 0 saturated carbocycles. The van der Waals surface area contributed by atoms with Crippen LogP contribution >= 0.6 is 0 Å². The summed E-state index contributed by atoms with van der Waals surface area (Å²) < 4.78 is 56.6. The summed E-state index contributed by atoms with van der Waals surface area (Å²) in [6.45, 7) is 4.94. The molecule has 1 aliphatic rings. The summed E-state index contributed by atoms with van der Waals surface area (Å²) in [5, 5.41) is 9.00. The molecule has 0 spiro atoms. The molecule has 2 atom stereocenters. The van der Waals surface area contributed by atoms with E-state index in [2.05, 4.69) is 17.9 Å². The molecule has 2 aromatic carbocycles. The highest BCUT2D eigenvalue weighted by molar-refractivity contribution is 7.90. The van der Waals surface area contributed by atoms with Crippen molar-refractivity contribution in [2.75, 3.05) is 32.5 Å². The molecule has 3 rings (SSSR count). The zero-order chi connectivity index (χ0) is 21.9. The molecule has 30 heavy (non-hydrogen) atoms. The molecular formula is C22H24F2N2O3S. The number of rotatable bonds is 7. The number of hydrogen-bond acceptors (Lipinski definition) is 5. The topological polar surface area (TPSA) is 70.4 Å². The minimum absolute atomic E-state index is 0.0173. The van der Waals surface area contributed by atoms with Gasteiger partial charge in [-0.05, 0) is 30.0 Å². The quantitative estimate of drug-likeness (QED) is 0.668. The van der Waals surface area contributed by atoms with Gasteiger partial charge in [-0.15, -0.1) is 0 Å². The average Bonchev–Trinajstić information content (AvgIpc) is 3.03. The fourth-order valence-corrected chi connectivity index (χ4v) is 4.63. The van der Waals surface area contributed by atoms with Gasteiger partial charge in [0.1, 0.15) is 22.3 Å². The lowest BCUT2D eigenvalue weighted by Crippen LogP contribution is -2.24. The van der Waals surface area contributed by atoms with Crippen molar-refractivity contribution < 1.29 is 21.9 Å². The maximum atomic E-state index is 14.0. The molecule has 0 amide bonds. The summed E-state index contributed by atoms with van der Waals surface area (Å²) in [6, 6.07) is 11.5. The third-order valence-electron chi connectivity index (χ3n) is 5.42. The molecule has 0 aliphatic carbocycles. The van der Waals surface area contributed by atoms with Crippen molar-refractivity contribution in [1.82, 2.24) is 4.90 Å². The molecule has 1 saturated heterocycles. The molecule has 1 fully saturated rings. The molecule has 2 unspecified atom stereocenters. The number of nitrogens with zero attached hydrogens (tertiary/aromatic N) is 2. The van der Waals surface area contributed by atoms with E-state index in [4.69, 9.17) is 10.00 Å². The van der Waals surface area contributed by atoms with Gasteiger partial charge < -0.3 is 9.64 Å². The van der Waals surface area contributed by atoms with Crippen molar-refractivity contribution in [3.05, 3.63) is 59.2 Å². The predicted molar refractivity (Wildman–Crippen MR) is 109 cm³/mol. The van der Waals surface area contributed by atoms with Gasteiger partial charge in [-0.25, -0.2) is 17.2 Å². The molecular weight excluding hydrogens is 410 g/mol. The van der Waals surface area contributed by atoms with Crippen LogP contribution in [0.3, 0.4) is 0 Å². The van der Waals surface area contributed by atoms with Crippen LogP contribution in [0.4, 0.5) is 8.78 Å². The Balaban J connectivity index is 1.56. The maximum absolute atomic E-state index is 14.0. The second-order valence-electron chi connectivity index (χ2n) is 7.86. The van der Waals surface area contributed by atoms with Crippen LogP contribution in [0, 0.1) is 34.8 Å². The van der Waals surface area contributed by atoms with E-state index in [1.54, 1.807) is 6.07 Å². The van der Waals surface area contributed by atoms with E-state index in [-0.39, 0.29) is 11.7 Å². The summed E-state index contributed by atoms with van der Waals surface area (Å²) >= 11 is 0. The Kier molecular flexibility index (Phi) is 6.74. The van der Waals surface area contributed by atoms with Gasteiger partial charge >= 0.3 is 0 Å². The van der Waals surface area contributed by atoms with E-state index in [0.29, 0.717) is 18.1 Å². The lowest BCUT2D eigenvalue weighted by Gasteiger charge is -2.17. The number of nitriles is 1. The first-order valence-electron chi connectivity index (χ1n) is 9.70. The summed E-state index contributed by atoms with van der Waals surface area (Å²) in [7, 11) is -3.99. The molecule has 0 radical (unpaired) electrons. The fourth-order valence-electron chi connectivity index (χ4n) is 3.80. The third-order valence-corrected chi connectivity index (χ3v) is 6.55. The summed E-state index contributed by atoms with van der Waals surface area (Å²) in [4.78, 5) is 1.38. The van der Waals surface area contributed by atoms with Crippen LogP contribution in [0.25, 0.3) is 0 Å². The van der Waals surface area contributed by atoms with E-state index in [1.807, 2.05) is 18.2 Å². The monoisotopic (exact) mass is 434 g/mol. The van der Waals surface area contributed by atoms with E-state index in [1.165, 1.54) is 0 Å². The van der Waals surface area contributed by atoms with E-state index < -0.39 is 26.4 Å². The largest absolute Gasteiger partial charge is 0.493 e. The second-order valence-corrected chi connectivity index (χ2v) is 9.81. The van der Waals surface area contributed by atoms with Gasteiger partial charge in [0, 0.05) is 43.9 Å². The van der Waals surface area contributed by atoms with Gasteiger partial charge in [0.25, 0.3) is 0 Å². The highest BCUT2D eigenvalue weighted by Crippen LogP contribution is 2.27. The van der Waals surface area contributed by atoms with Crippen molar-refractivity contribution in [2.45, 2.75) is 18.2 Å². The Labute approximate surface area is 175 Å². The van der Waals surface area contributed by atoms with Crippen molar-refractivity contribution >= 4 is 9.84 Å². The third kappa shape index (κ3) is 5.35. The van der Waals surface area contributed by atoms with Crippen LogP contribution in [0.2, 0.25) is 0 Å². The van der Waals surface area contributed by atoms with E-state index in [0.717, 1.165) is 50.0 Å². The van der Waals surface area contributed by atoms with E-state index >= 15 is 0 Å². The lowest BCUT2D eigenvalue weighted by atomic mass is 9.99. The molecule has 8 heteroatoms. The molecule has 160 valence electrons. The van der Waals surface area contributed by atoms with Crippen LogP contribution in [0.5, 0.6) is 5.75 Å². The Morgan fingerprint density at radius 2 is 1.90 bits per heavy atom. The highest BCUT2D eigenvalue weighted by atomic mass is 32.2. The van der Waals surface area contributed by atoms with Gasteiger partial charge in [-0.1, -0.05) is 19.1 Å². The van der Waals surface area contributed by atoms with Crippen molar-refractivity contribution in [3.63, 3.8) is 0 Å². The van der Waals surface area contributed by atoms with Crippen molar-refractivity contribution in [3.8, 4) is 11.8 Å². The zero-order valence-corrected chi connectivity index (χ0v) is 17.8. The highest BCUT2D eigenvalue weighted by Gasteiger charge is 2.30. The number of likely N-dealkylation sites (tertiary alicyclic amines) is 1. The molecule has 1 aliphatic heterocycles. The fraction of sp³-hybridized carbons (Fsp3) is 0.409. The zero-order valence-electron chi connectivity index (χ0n) is 16.9. The first-order valence-corrected chi connectivity index (χ1v) is 11.6. The second kappa shape index (κ2) is 9.11. The van der Waals surface area contributed by atoms with Crippen molar-refractivity contribution in [1.29, 1.82) is 5.26 Å². The molecule has 5 nitrogen and oxygen atoms in total. The number of benzene rings is 2. The maximum Gasteiger partial charge on any atom is 0.181 e. The van der Waals surface area contributed by atoms with Gasteiger partial charge in [0.15, 0.2) is 9.84 Å². The van der Waals surface area contributed by atoms with Gasteiger partial charge in [0.05, 0.1) is 18.2 Å². The predicted octanol–water partition coefficient (Wildman–Crippen LogP) is 3.43. The minimum atomic E-state index is -3.99. The Morgan fingerprint density at radius 1 is 1.20 bits per heavy atom. The van der Waals surface area contributed by atoms with Gasteiger partial charge in [0.2, 0.25) is 0 Å². The molecule has 0 aromatic heterocycles. The van der Waals surface area contributed by atoms with Gasteiger partial charge in [-0.2, -0.15) is 5.26 Å².